The summed E-state index contributed by atoms with van der Waals surface area (Å²) in [7, 11) is 0. The molecule has 0 aliphatic carbocycles. The van der Waals surface area contributed by atoms with Crippen molar-refractivity contribution in [1.29, 1.82) is 5.26 Å². The first kappa shape index (κ1) is 15.8. The Morgan fingerprint density at radius 1 is 1.33 bits per heavy atom. The standard InChI is InChI=1S/C17H25N3O/c1-5-7-20(8-6-2)16-13(11-18)9-14-12-21-17(3,4)10-15(14)19-16/h9H,5-8,10,12H2,1-4H3/p+1. The lowest BCUT2D eigenvalue weighted by Gasteiger charge is -2.30. The van der Waals surface area contributed by atoms with Crippen LogP contribution >= 0.6 is 0 Å². The van der Waals surface area contributed by atoms with E-state index in [-0.39, 0.29) is 5.60 Å². The quantitative estimate of drug-likeness (QED) is 0.837. The molecule has 0 saturated carbocycles. The summed E-state index contributed by atoms with van der Waals surface area (Å²) in [4.78, 5) is 5.83. The van der Waals surface area contributed by atoms with Crippen LogP contribution in [-0.2, 0) is 17.8 Å². The first-order valence-corrected chi connectivity index (χ1v) is 7.87. The lowest BCUT2D eigenvalue weighted by atomic mass is 9.95. The lowest BCUT2D eigenvalue weighted by molar-refractivity contribution is -0.383. The van der Waals surface area contributed by atoms with E-state index in [1.807, 2.05) is 6.07 Å². The monoisotopic (exact) mass is 288 g/mol. The van der Waals surface area contributed by atoms with Crippen LogP contribution in [0.5, 0.6) is 0 Å². The van der Waals surface area contributed by atoms with Gasteiger partial charge in [0.1, 0.15) is 17.3 Å². The van der Waals surface area contributed by atoms with Gasteiger partial charge in [-0.05, 0) is 32.8 Å². The lowest BCUT2D eigenvalue weighted by Crippen LogP contribution is -2.39. The molecule has 4 heteroatoms. The molecule has 0 unspecified atom stereocenters. The van der Waals surface area contributed by atoms with E-state index in [4.69, 9.17) is 4.74 Å². The average Bonchev–Trinajstić information content (AvgIpc) is 2.45. The van der Waals surface area contributed by atoms with Crippen molar-refractivity contribution in [3.05, 3.63) is 22.9 Å². The van der Waals surface area contributed by atoms with E-state index < -0.39 is 0 Å². The maximum absolute atomic E-state index is 9.47. The molecule has 1 N–H and O–H groups in total. The molecule has 4 nitrogen and oxygen atoms in total. The second kappa shape index (κ2) is 6.44. The van der Waals surface area contributed by atoms with Gasteiger partial charge in [0.15, 0.2) is 0 Å². The fraction of sp³-hybridized carbons (Fsp3) is 0.647. The number of rotatable bonds is 5. The van der Waals surface area contributed by atoms with Gasteiger partial charge in [0, 0.05) is 12.0 Å². The summed E-state index contributed by atoms with van der Waals surface area (Å²) < 4.78 is 5.84. The van der Waals surface area contributed by atoms with Crippen LogP contribution < -0.4 is 9.88 Å². The SMILES string of the molecule is CCCN(CCC)c1[nH+]c2c(cc1C#N)COC(C)(C)C2. The number of nitrogens with zero attached hydrogens (tertiary/aromatic N) is 2. The fourth-order valence-corrected chi connectivity index (χ4v) is 2.87. The minimum absolute atomic E-state index is 0.144. The van der Waals surface area contributed by atoms with Crippen molar-refractivity contribution >= 4 is 5.82 Å². The Morgan fingerprint density at radius 2 is 2.00 bits per heavy atom. The van der Waals surface area contributed by atoms with Gasteiger partial charge in [-0.3, -0.25) is 4.90 Å². The van der Waals surface area contributed by atoms with Crippen LogP contribution in [0.4, 0.5) is 5.82 Å². The Balaban J connectivity index is 2.43. The molecule has 0 radical (unpaired) electrons. The molecule has 0 spiro atoms. The minimum Gasteiger partial charge on any atom is -0.370 e. The molecule has 0 atom stereocenters. The number of ether oxygens (including phenoxy) is 1. The van der Waals surface area contributed by atoms with Crippen LogP contribution in [0.25, 0.3) is 0 Å². The van der Waals surface area contributed by atoms with E-state index in [1.165, 1.54) is 5.69 Å². The van der Waals surface area contributed by atoms with Gasteiger partial charge in [-0.2, -0.15) is 5.26 Å². The van der Waals surface area contributed by atoms with Crippen molar-refractivity contribution in [2.45, 2.75) is 59.2 Å². The van der Waals surface area contributed by atoms with E-state index in [1.54, 1.807) is 0 Å². The summed E-state index contributed by atoms with van der Waals surface area (Å²) in [6.45, 7) is 11.1. The number of H-pyrrole nitrogens is 1. The van der Waals surface area contributed by atoms with E-state index in [9.17, 15) is 5.26 Å². The molecule has 1 aliphatic heterocycles. The van der Waals surface area contributed by atoms with Gasteiger partial charge in [-0.1, -0.05) is 13.8 Å². The van der Waals surface area contributed by atoms with Crippen molar-refractivity contribution < 1.29 is 9.72 Å². The summed E-state index contributed by atoms with van der Waals surface area (Å²) in [5.41, 5.74) is 2.90. The summed E-state index contributed by atoms with van der Waals surface area (Å²) in [5.74, 6) is 0.970. The molecular weight excluding hydrogens is 262 g/mol. The number of hydrogen-bond donors (Lipinski definition) is 0. The van der Waals surface area contributed by atoms with Crippen LogP contribution in [0.15, 0.2) is 6.07 Å². The third-order valence-electron chi connectivity index (χ3n) is 3.88. The fourth-order valence-electron chi connectivity index (χ4n) is 2.87. The molecule has 2 rings (SSSR count). The van der Waals surface area contributed by atoms with Crippen LogP contribution in [-0.4, -0.2) is 18.7 Å². The zero-order valence-electron chi connectivity index (χ0n) is 13.6. The summed E-state index contributed by atoms with van der Waals surface area (Å²) in [6, 6.07) is 4.33. The molecule has 21 heavy (non-hydrogen) atoms. The highest BCUT2D eigenvalue weighted by Crippen LogP contribution is 2.28. The number of pyridine rings is 1. The molecule has 0 bridgehead atoms. The van der Waals surface area contributed by atoms with Gasteiger partial charge in [-0.25, -0.2) is 4.98 Å². The van der Waals surface area contributed by atoms with E-state index in [0.717, 1.165) is 49.3 Å². The number of aromatic nitrogens is 1. The largest absolute Gasteiger partial charge is 0.370 e. The molecule has 1 aromatic heterocycles. The van der Waals surface area contributed by atoms with Gasteiger partial charge in [0.2, 0.25) is 0 Å². The molecule has 114 valence electrons. The maximum Gasteiger partial charge on any atom is 0.292 e. The highest BCUT2D eigenvalue weighted by atomic mass is 16.5. The van der Waals surface area contributed by atoms with E-state index in [0.29, 0.717) is 6.61 Å². The van der Waals surface area contributed by atoms with E-state index in [2.05, 4.69) is 43.6 Å². The maximum atomic E-state index is 9.47. The summed E-state index contributed by atoms with van der Waals surface area (Å²) in [6.07, 6.45) is 3.00. The van der Waals surface area contributed by atoms with E-state index >= 15 is 0 Å². The second-order valence-electron chi connectivity index (χ2n) is 6.36. The van der Waals surface area contributed by atoms with Crippen molar-refractivity contribution in [2.24, 2.45) is 0 Å². The highest BCUT2D eigenvalue weighted by Gasteiger charge is 2.31. The Labute approximate surface area is 127 Å². The third-order valence-corrected chi connectivity index (χ3v) is 3.88. The molecule has 1 aliphatic rings. The van der Waals surface area contributed by atoms with Gasteiger partial charge in [0.25, 0.3) is 5.82 Å². The number of nitriles is 1. The molecule has 0 amide bonds. The van der Waals surface area contributed by atoms with Crippen molar-refractivity contribution in [3.63, 3.8) is 0 Å². The Hall–Kier alpha value is -1.60. The zero-order valence-corrected chi connectivity index (χ0v) is 13.6. The molecule has 2 heterocycles. The zero-order chi connectivity index (χ0) is 15.5. The van der Waals surface area contributed by atoms with Crippen LogP contribution in [0.3, 0.4) is 0 Å². The number of fused-ring (bicyclic) bond motifs is 1. The van der Waals surface area contributed by atoms with Gasteiger partial charge >= 0.3 is 0 Å². The second-order valence-corrected chi connectivity index (χ2v) is 6.36. The molecular formula is C17H26N3O+. The first-order chi connectivity index (χ1) is 10.0. The van der Waals surface area contributed by atoms with Gasteiger partial charge in [-0.15, -0.1) is 0 Å². The van der Waals surface area contributed by atoms with Gasteiger partial charge in [0.05, 0.1) is 25.3 Å². The predicted octanol–water partition coefficient (Wildman–Crippen LogP) is 2.85. The van der Waals surface area contributed by atoms with Crippen molar-refractivity contribution in [2.75, 3.05) is 18.0 Å². The Kier molecular flexibility index (Phi) is 4.84. The van der Waals surface area contributed by atoms with Crippen molar-refractivity contribution in [3.8, 4) is 6.07 Å². The smallest absolute Gasteiger partial charge is 0.292 e. The number of hydrogen-bond acceptors (Lipinski definition) is 3. The van der Waals surface area contributed by atoms with Crippen LogP contribution in [0.1, 0.15) is 57.4 Å². The molecule has 0 aromatic carbocycles. The van der Waals surface area contributed by atoms with Crippen molar-refractivity contribution in [1.82, 2.24) is 0 Å². The summed E-state index contributed by atoms with van der Waals surface area (Å²) >= 11 is 0. The van der Waals surface area contributed by atoms with Gasteiger partial charge < -0.3 is 4.74 Å². The first-order valence-electron chi connectivity index (χ1n) is 7.87. The molecule has 0 fully saturated rings. The van der Waals surface area contributed by atoms with Crippen LogP contribution in [0.2, 0.25) is 0 Å². The number of aromatic amines is 1. The Morgan fingerprint density at radius 3 is 2.57 bits per heavy atom. The third kappa shape index (κ3) is 3.54. The molecule has 0 saturated heterocycles. The average molecular weight is 288 g/mol. The summed E-state index contributed by atoms with van der Waals surface area (Å²) in [5, 5.41) is 9.47. The normalized spacial score (nSPS) is 16.1. The topological polar surface area (TPSA) is 50.4 Å². The van der Waals surface area contributed by atoms with Crippen LogP contribution in [0, 0.1) is 11.3 Å². The highest BCUT2D eigenvalue weighted by molar-refractivity contribution is 5.52. The number of anilines is 1. The molecule has 1 aromatic rings. The minimum atomic E-state index is -0.144. The Bertz CT molecular complexity index is 540. The predicted molar refractivity (Wildman–Crippen MR) is 83.1 cm³/mol. The number of nitrogens with one attached hydrogen (secondary N) is 1.